The lowest BCUT2D eigenvalue weighted by molar-refractivity contribution is 0.0963. The average Bonchev–Trinajstić information content (AvgIpc) is 2.37. The molecule has 0 saturated carbocycles. The topological polar surface area (TPSA) is 58.4 Å². The summed E-state index contributed by atoms with van der Waals surface area (Å²) in [6, 6.07) is 5.77. The monoisotopic (exact) mass is 249 g/mol. The number of nitrogens with zero attached hydrogens (tertiary/aromatic N) is 1. The van der Waals surface area contributed by atoms with Crippen molar-refractivity contribution in [3.05, 3.63) is 23.8 Å². The Bertz CT molecular complexity index is 418. The Labute approximate surface area is 109 Å². The number of amides is 1. The van der Waals surface area contributed by atoms with Crippen molar-refractivity contribution in [1.82, 2.24) is 5.32 Å². The van der Waals surface area contributed by atoms with Crippen molar-refractivity contribution in [2.45, 2.75) is 32.7 Å². The smallest absolute Gasteiger partial charge is 0.253 e. The largest absolute Gasteiger partial charge is 0.399 e. The van der Waals surface area contributed by atoms with E-state index in [1.165, 1.54) is 0 Å². The van der Waals surface area contributed by atoms with Gasteiger partial charge < -0.3 is 16.0 Å². The van der Waals surface area contributed by atoms with Gasteiger partial charge in [-0.2, -0.15) is 0 Å². The van der Waals surface area contributed by atoms with Gasteiger partial charge in [0.2, 0.25) is 0 Å². The number of hydrogen-bond acceptors (Lipinski definition) is 3. The molecule has 0 radical (unpaired) electrons. The molecule has 0 saturated heterocycles. The Morgan fingerprint density at radius 3 is 2.72 bits per heavy atom. The van der Waals surface area contributed by atoms with Crippen LogP contribution in [0.5, 0.6) is 0 Å². The van der Waals surface area contributed by atoms with Crippen LogP contribution in [-0.4, -0.2) is 26.0 Å². The molecule has 0 spiro atoms. The van der Waals surface area contributed by atoms with Gasteiger partial charge in [0.05, 0.1) is 11.3 Å². The summed E-state index contributed by atoms with van der Waals surface area (Å²) in [5.74, 6) is -0.0828. The molecule has 1 unspecified atom stereocenters. The number of nitrogen functional groups attached to an aromatic ring is 1. The highest BCUT2D eigenvalue weighted by molar-refractivity contribution is 6.00. The molecule has 3 N–H and O–H groups in total. The second-order valence-electron chi connectivity index (χ2n) is 4.60. The molecule has 1 aromatic carbocycles. The van der Waals surface area contributed by atoms with E-state index >= 15 is 0 Å². The van der Waals surface area contributed by atoms with Crippen molar-refractivity contribution in [2.24, 2.45) is 0 Å². The maximum Gasteiger partial charge on any atom is 0.253 e. The Morgan fingerprint density at radius 1 is 1.50 bits per heavy atom. The van der Waals surface area contributed by atoms with Crippen LogP contribution in [0, 0.1) is 0 Å². The minimum atomic E-state index is -0.0828. The van der Waals surface area contributed by atoms with Crippen molar-refractivity contribution >= 4 is 17.3 Å². The molecule has 4 heteroatoms. The zero-order valence-electron chi connectivity index (χ0n) is 11.7. The minimum Gasteiger partial charge on any atom is -0.399 e. The normalized spacial score (nSPS) is 12.0. The van der Waals surface area contributed by atoms with E-state index < -0.39 is 0 Å². The number of carbonyl (C=O) groups excluding carboxylic acids is 1. The minimum absolute atomic E-state index is 0.0828. The van der Waals surface area contributed by atoms with E-state index in [0.717, 1.165) is 18.5 Å². The summed E-state index contributed by atoms with van der Waals surface area (Å²) in [5.41, 5.74) is 8.05. The summed E-state index contributed by atoms with van der Waals surface area (Å²) in [6.07, 6.45) is 2.20. The van der Waals surface area contributed by atoms with E-state index in [2.05, 4.69) is 24.1 Å². The Kier molecular flexibility index (Phi) is 5.01. The fourth-order valence-corrected chi connectivity index (χ4v) is 2.02. The van der Waals surface area contributed by atoms with E-state index in [1.807, 2.05) is 13.1 Å². The fraction of sp³-hybridized carbons (Fsp3) is 0.500. The average molecular weight is 249 g/mol. The first-order valence-electron chi connectivity index (χ1n) is 6.35. The second kappa shape index (κ2) is 6.28. The molecule has 1 atom stereocenters. The van der Waals surface area contributed by atoms with Gasteiger partial charge in [0, 0.05) is 25.8 Å². The Balaban J connectivity index is 3.12. The molecule has 0 heterocycles. The van der Waals surface area contributed by atoms with Gasteiger partial charge in [-0.25, -0.2) is 0 Å². The van der Waals surface area contributed by atoms with Crippen LogP contribution < -0.4 is 16.0 Å². The number of anilines is 2. The van der Waals surface area contributed by atoms with Gasteiger partial charge in [0.15, 0.2) is 0 Å². The van der Waals surface area contributed by atoms with Crippen LogP contribution in [0.4, 0.5) is 11.4 Å². The van der Waals surface area contributed by atoms with Gasteiger partial charge in [0.1, 0.15) is 0 Å². The Morgan fingerprint density at radius 2 is 2.17 bits per heavy atom. The molecule has 18 heavy (non-hydrogen) atoms. The zero-order chi connectivity index (χ0) is 13.7. The van der Waals surface area contributed by atoms with E-state index in [0.29, 0.717) is 17.3 Å². The van der Waals surface area contributed by atoms with Crippen LogP contribution >= 0.6 is 0 Å². The number of nitrogens with one attached hydrogen (secondary N) is 1. The van der Waals surface area contributed by atoms with E-state index in [4.69, 9.17) is 5.73 Å². The number of hydrogen-bond donors (Lipinski definition) is 2. The summed E-state index contributed by atoms with van der Waals surface area (Å²) < 4.78 is 0. The standard InChI is InChI=1S/C14H23N3O/c1-5-6-10(2)17(4)13-9-11(15)7-8-12(13)14(18)16-3/h7-10H,5-6,15H2,1-4H3,(H,16,18). The molecule has 100 valence electrons. The van der Waals surface area contributed by atoms with Crippen molar-refractivity contribution in [3.63, 3.8) is 0 Å². The van der Waals surface area contributed by atoms with E-state index in [1.54, 1.807) is 19.2 Å². The molecule has 1 amide bonds. The van der Waals surface area contributed by atoms with Crippen LogP contribution in [0.15, 0.2) is 18.2 Å². The van der Waals surface area contributed by atoms with Gasteiger partial charge in [-0.1, -0.05) is 13.3 Å². The van der Waals surface area contributed by atoms with Crippen molar-refractivity contribution in [3.8, 4) is 0 Å². The fourth-order valence-electron chi connectivity index (χ4n) is 2.02. The lowest BCUT2D eigenvalue weighted by Crippen LogP contribution is -2.31. The number of carbonyl (C=O) groups is 1. The van der Waals surface area contributed by atoms with Crippen LogP contribution in [0.25, 0.3) is 0 Å². The number of benzene rings is 1. The molecule has 0 aliphatic carbocycles. The molecule has 0 aliphatic heterocycles. The molecular weight excluding hydrogens is 226 g/mol. The molecule has 0 aromatic heterocycles. The molecule has 0 fully saturated rings. The van der Waals surface area contributed by atoms with Gasteiger partial charge >= 0.3 is 0 Å². The first kappa shape index (κ1) is 14.4. The summed E-state index contributed by atoms with van der Waals surface area (Å²) in [7, 11) is 3.64. The maximum atomic E-state index is 11.9. The lowest BCUT2D eigenvalue weighted by atomic mass is 10.1. The van der Waals surface area contributed by atoms with Crippen molar-refractivity contribution in [2.75, 3.05) is 24.7 Å². The lowest BCUT2D eigenvalue weighted by Gasteiger charge is -2.28. The highest BCUT2D eigenvalue weighted by Gasteiger charge is 2.17. The SMILES string of the molecule is CCCC(C)N(C)c1cc(N)ccc1C(=O)NC. The molecule has 0 bridgehead atoms. The van der Waals surface area contributed by atoms with Crippen LogP contribution in [0.3, 0.4) is 0 Å². The molecular formula is C14H23N3O. The highest BCUT2D eigenvalue weighted by Crippen LogP contribution is 2.25. The van der Waals surface area contributed by atoms with E-state index in [9.17, 15) is 4.79 Å². The van der Waals surface area contributed by atoms with Gasteiger partial charge in [0.25, 0.3) is 5.91 Å². The van der Waals surface area contributed by atoms with Gasteiger partial charge in [-0.15, -0.1) is 0 Å². The first-order chi connectivity index (χ1) is 8.51. The molecule has 4 nitrogen and oxygen atoms in total. The van der Waals surface area contributed by atoms with Gasteiger partial charge in [-0.3, -0.25) is 4.79 Å². The maximum absolute atomic E-state index is 11.9. The molecule has 1 aromatic rings. The van der Waals surface area contributed by atoms with Crippen LogP contribution in [-0.2, 0) is 0 Å². The van der Waals surface area contributed by atoms with Gasteiger partial charge in [-0.05, 0) is 31.5 Å². The Hall–Kier alpha value is -1.71. The summed E-state index contributed by atoms with van der Waals surface area (Å²) in [5, 5.41) is 2.66. The quantitative estimate of drug-likeness (QED) is 0.787. The van der Waals surface area contributed by atoms with Crippen molar-refractivity contribution in [1.29, 1.82) is 0 Å². The third-order valence-electron chi connectivity index (χ3n) is 3.24. The van der Waals surface area contributed by atoms with Crippen LogP contribution in [0.1, 0.15) is 37.0 Å². The van der Waals surface area contributed by atoms with Crippen LogP contribution in [0.2, 0.25) is 0 Å². The van der Waals surface area contributed by atoms with E-state index in [-0.39, 0.29) is 5.91 Å². The third-order valence-corrected chi connectivity index (χ3v) is 3.24. The number of rotatable bonds is 5. The van der Waals surface area contributed by atoms with Crippen molar-refractivity contribution < 1.29 is 4.79 Å². The predicted molar refractivity (Wildman–Crippen MR) is 77.0 cm³/mol. The number of nitrogens with two attached hydrogens (primary N) is 1. The molecule has 0 aliphatic rings. The third kappa shape index (κ3) is 3.15. The zero-order valence-corrected chi connectivity index (χ0v) is 11.7. The first-order valence-corrected chi connectivity index (χ1v) is 6.35. The summed E-state index contributed by atoms with van der Waals surface area (Å²) in [6.45, 7) is 4.31. The highest BCUT2D eigenvalue weighted by atomic mass is 16.1. The second-order valence-corrected chi connectivity index (χ2v) is 4.60. The summed E-state index contributed by atoms with van der Waals surface area (Å²) >= 11 is 0. The molecule has 1 rings (SSSR count). The predicted octanol–water partition coefficient (Wildman–Crippen LogP) is 2.25. The summed E-state index contributed by atoms with van der Waals surface area (Å²) in [4.78, 5) is 14.0.